The van der Waals surface area contributed by atoms with Crippen molar-refractivity contribution in [2.75, 3.05) is 0 Å². The summed E-state index contributed by atoms with van der Waals surface area (Å²) in [4.78, 5) is 0. The molecule has 66 heavy (non-hydrogen) atoms. The molecule has 0 spiro atoms. The minimum atomic E-state index is -0.0835. The molecule has 0 aliphatic heterocycles. The van der Waals surface area contributed by atoms with Crippen LogP contribution in [-0.4, -0.2) is 13.4 Å². The van der Waals surface area contributed by atoms with Crippen molar-refractivity contribution in [2.24, 2.45) is 0 Å². The molecule has 0 aliphatic carbocycles. The summed E-state index contributed by atoms with van der Waals surface area (Å²) in [7, 11) is 0. The molecule has 4 nitrogen and oxygen atoms in total. The molecule has 0 amide bonds. The molecule has 6 heterocycles. The van der Waals surface area contributed by atoms with Gasteiger partial charge in [-0.3, -0.25) is 0 Å². The highest BCUT2D eigenvalue weighted by Crippen LogP contribution is 2.52. The number of nitrogens with zero attached hydrogens (tertiary/aromatic N) is 3. The minimum absolute atomic E-state index is 0.0550. The second-order valence-electron chi connectivity index (χ2n) is 22.2. The zero-order chi connectivity index (χ0) is 44.9. The Morgan fingerprint density at radius 1 is 0.364 bits per heavy atom. The Morgan fingerprint density at radius 2 is 0.924 bits per heavy atom. The molecule has 0 saturated carbocycles. The molecular weight excluding hydrogens is 803 g/mol. The summed E-state index contributed by atoms with van der Waals surface area (Å²) >= 11 is 0. The normalized spacial score (nSPS) is 13.5. The van der Waals surface area contributed by atoms with Crippen molar-refractivity contribution in [1.29, 1.82) is 0 Å². The van der Waals surface area contributed by atoms with Crippen molar-refractivity contribution in [3.05, 3.63) is 162 Å². The third kappa shape index (κ3) is 4.84. The molecule has 4 heteroatoms. The highest BCUT2D eigenvalue weighted by molar-refractivity contribution is 6.35. The Balaban J connectivity index is 1.21. The van der Waals surface area contributed by atoms with Gasteiger partial charge in [-0.25, -0.2) is 0 Å². The quantitative estimate of drug-likeness (QED) is 0.170. The lowest BCUT2D eigenvalue weighted by Gasteiger charge is -2.22. The smallest absolute Gasteiger partial charge is 0.161 e. The highest BCUT2D eigenvalue weighted by Gasteiger charge is 2.31. The Bertz CT molecular complexity index is 4370. The predicted octanol–water partition coefficient (Wildman–Crippen LogP) is 17.4. The molecule has 8 aromatic carbocycles. The maximum Gasteiger partial charge on any atom is 0.161 e. The van der Waals surface area contributed by atoms with Crippen molar-refractivity contribution in [3.8, 4) is 16.8 Å². The van der Waals surface area contributed by atoms with Crippen LogP contribution in [0.25, 0.3) is 126 Å². The van der Waals surface area contributed by atoms with Crippen LogP contribution < -0.4 is 0 Å². The van der Waals surface area contributed by atoms with Gasteiger partial charge in [0.1, 0.15) is 11.1 Å². The first-order valence-electron chi connectivity index (χ1n) is 23.6. The standard InChI is InChI=1S/C62H51N3O/c1-60(2,3)35-28-42(34-23-25-50-43(27-34)39-19-13-15-21-49(39)63(50)38-17-11-10-12-18-38)54-45(30-35)46-31-36(61(4,5)6)29-44-40-24-26-51-53(57(40)65(54)55(44)46)47-32-37(62(7,8)9)33-48-56(47)64(51)58-41-20-14-16-22-52(41)66-59(48)58/h10-33H,1-9H3. The third-order valence-electron chi connectivity index (χ3n) is 15.1. The van der Waals surface area contributed by atoms with E-state index in [1.54, 1.807) is 0 Å². The van der Waals surface area contributed by atoms with E-state index in [-0.39, 0.29) is 16.2 Å². The van der Waals surface area contributed by atoms with Crippen molar-refractivity contribution < 1.29 is 4.42 Å². The average Bonchev–Trinajstić information content (AvgIpc) is 4.13. The van der Waals surface area contributed by atoms with Crippen LogP contribution in [-0.2, 0) is 16.2 Å². The van der Waals surface area contributed by atoms with E-state index in [0.29, 0.717) is 0 Å². The largest absolute Gasteiger partial charge is 0.454 e. The molecule has 6 aromatic heterocycles. The number of aromatic nitrogens is 3. The van der Waals surface area contributed by atoms with Gasteiger partial charge in [-0.2, -0.15) is 0 Å². The average molecular weight is 854 g/mol. The van der Waals surface area contributed by atoms with Gasteiger partial charge in [0, 0.05) is 65.1 Å². The van der Waals surface area contributed by atoms with Gasteiger partial charge >= 0.3 is 0 Å². The van der Waals surface area contributed by atoms with Crippen molar-refractivity contribution in [2.45, 2.75) is 78.6 Å². The van der Waals surface area contributed by atoms with Crippen molar-refractivity contribution in [3.63, 3.8) is 0 Å². The molecule has 14 aromatic rings. The first-order chi connectivity index (χ1) is 31.6. The number of para-hydroxylation sites is 3. The maximum atomic E-state index is 6.80. The van der Waals surface area contributed by atoms with E-state index in [1.165, 1.54) is 121 Å². The van der Waals surface area contributed by atoms with Crippen LogP contribution in [0.5, 0.6) is 0 Å². The lowest BCUT2D eigenvalue weighted by atomic mass is 9.83. The molecule has 14 rings (SSSR count). The minimum Gasteiger partial charge on any atom is -0.454 e. The van der Waals surface area contributed by atoms with Gasteiger partial charge < -0.3 is 17.8 Å². The lowest BCUT2D eigenvalue weighted by Crippen LogP contribution is -2.11. The van der Waals surface area contributed by atoms with E-state index in [9.17, 15) is 0 Å². The second kappa shape index (κ2) is 12.3. The number of benzene rings is 8. The Morgan fingerprint density at radius 3 is 1.65 bits per heavy atom. The van der Waals surface area contributed by atoms with Crippen LogP contribution in [0.15, 0.2) is 150 Å². The van der Waals surface area contributed by atoms with E-state index in [4.69, 9.17) is 4.42 Å². The molecule has 0 bridgehead atoms. The van der Waals surface area contributed by atoms with Crippen LogP contribution in [0.3, 0.4) is 0 Å². The Labute approximate surface area is 382 Å². The first-order valence-corrected chi connectivity index (χ1v) is 23.6. The molecule has 320 valence electrons. The summed E-state index contributed by atoms with van der Waals surface area (Å²) in [6.07, 6.45) is 0. The molecule has 0 aliphatic rings. The fourth-order valence-corrected chi connectivity index (χ4v) is 11.7. The number of hydrogen-bond acceptors (Lipinski definition) is 1. The summed E-state index contributed by atoms with van der Waals surface area (Å²) in [6.45, 7) is 21.1. The Hall–Kier alpha value is -7.30. The summed E-state index contributed by atoms with van der Waals surface area (Å²) in [5.41, 5.74) is 19.2. The molecule has 0 saturated heterocycles. The summed E-state index contributed by atoms with van der Waals surface area (Å²) < 4.78 is 14.4. The molecule has 0 radical (unpaired) electrons. The first kappa shape index (κ1) is 38.0. The fraction of sp³-hybridized carbons (Fsp3) is 0.194. The number of hydrogen-bond donors (Lipinski definition) is 0. The summed E-state index contributed by atoms with van der Waals surface area (Å²) in [5, 5.41) is 12.7. The van der Waals surface area contributed by atoms with Gasteiger partial charge in [-0.15, -0.1) is 0 Å². The van der Waals surface area contributed by atoms with Crippen LogP contribution >= 0.6 is 0 Å². The van der Waals surface area contributed by atoms with Gasteiger partial charge in [-0.05, 0) is 123 Å². The van der Waals surface area contributed by atoms with E-state index >= 15 is 0 Å². The fourth-order valence-electron chi connectivity index (χ4n) is 11.7. The summed E-state index contributed by atoms with van der Waals surface area (Å²) in [6, 6.07) is 55.2. The zero-order valence-electron chi connectivity index (χ0n) is 39.1. The van der Waals surface area contributed by atoms with Gasteiger partial charge in [0.2, 0.25) is 0 Å². The van der Waals surface area contributed by atoms with E-state index in [2.05, 4.69) is 221 Å². The number of furan rings is 1. The lowest BCUT2D eigenvalue weighted by molar-refractivity contribution is 0.591. The van der Waals surface area contributed by atoms with E-state index < -0.39 is 0 Å². The molecule has 0 atom stereocenters. The second-order valence-corrected chi connectivity index (χ2v) is 22.2. The van der Waals surface area contributed by atoms with Gasteiger partial charge in [0.05, 0.1) is 38.6 Å². The predicted molar refractivity (Wildman–Crippen MR) is 281 cm³/mol. The van der Waals surface area contributed by atoms with Crippen LogP contribution in [0, 0.1) is 0 Å². The van der Waals surface area contributed by atoms with Crippen LogP contribution in [0.1, 0.15) is 79.0 Å². The van der Waals surface area contributed by atoms with Gasteiger partial charge in [-0.1, -0.05) is 123 Å². The molecule has 0 fully saturated rings. The van der Waals surface area contributed by atoms with Crippen molar-refractivity contribution >= 4 is 109 Å². The molecular formula is C62H51N3O. The third-order valence-corrected chi connectivity index (χ3v) is 15.1. The van der Waals surface area contributed by atoms with E-state index in [0.717, 1.165) is 22.1 Å². The Kier molecular flexibility index (Phi) is 7.10. The van der Waals surface area contributed by atoms with Gasteiger partial charge in [0.15, 0.2) is 5.58 Å². The SMILES string of the molecule is CC(C)(C)c1cc(-c2ccc3c(c2)c2ccccc2n3-c2ccccc2)c2c(c1)c1cc(C(C)(C)C)cc3c4ccc5c(c6cc(C(C)(C)C)cc7c8oc9ccccc9c8n5c76)c4n2c13. The maximum absolute atomic E-state index is 6.80. The van der Waals surface area contributed by atoms with Crippen LogP contribution in [0.2, 0.25) is 0 Å². The molecule has 0 unspecified atom stereocenters. The highest BCUT2D eigenvalue weighted by atomic mass is 16.3. The van der Waals surface area contributed by atoms with Crippen molar-refractivity contribution in [1.82, 2.24) is 13.4 Å². The molecule has 0 N–H and O–H groups in total. The van der Waals surface area contributed by atoms with Crippen LogP contribution in [0.4, 0.5) is 0 Å². The number of fused-ring (bicyclic) bond motifs is 18. The zero-order valence-corrected chi connectivity index (χ0v) is 39.1. The van der Waals surface area contributed by atoms with E-state index in [1.807, 2.05) is 0 Å². The summed E-state index contributed by atoms with van der Waals surface area (Å²) in [5.74, 6) is 0. The monoisotopic (exact) mass is 853 g/mol. The van der Waals surface area contributed by atoms with Gasteiger partial charge in [0.25, 0.3) is 0 Å². The topological polar surface area (TPSA) is 26.9 Å². The number of rotatable bonds is 2.